The van der Waals surface area contributed by atoms with Gasteiger partial charge in [-0.3, -0.25) is 9.88 Å². The van der Waals surface area contributed by atoms with Crippen molar-refractivity contribution in [2.75, 3.05) is 47.1 Å². The number of pyridine rings is 1. The first kappa shape index (κ1) is 23.1. The average molecular weight is 472 g/mol. The highest BCUT2D eigenvalue weighted by atomic mass is 16.5. The Morgan fingerprint density at radius 1 is 1.03 bits per heavy atom. The maximum atomic E-state index is 12.7. The third-order valence-electron chi connectivity index (χ3n) is 6.54. The largest absolute Gasteiger partial charge is 0.497 e. The van der Waals surface area contributed by atoms with Crippen LogP contribution in [-0.2, 0) is 15.9 Å². The van der Waals surface area contributed by atoms with Crippen molar-refractivity contribution in [3.05, 3.63) is 72.2 Å². The van der Waals surface area contributed by atoms with Crippen LogP contribution in [0.5, 0.6) is 5.75 Å². The number of hydrogen-bond acceptors (Lipinski definition) is 6. The lowest BCUT2D eigenvalue weighted by Gasteiger charge is -2.26. The lowest BCUT2D eigenvalue weighted by atomic mass is 9.96. The number of carbonyl (C=O) groups excluding carboxylic acids is 1. The standard InChI is InChI=1S/C28H29N3O4/c1-33-22-8-6-19(7-9-22)20-16-21(18-29-17-20)26-25(10-11-31-12-14-35-15-13-31)30-24-5-3-4-23(27(24)26)28(32)34-2/h3-9,16-18,30H,10-15H2,1-2H3. The van der Waals surface area contributed by atoms with Crippen LogP contribution in [0.4, 0.5) is 0 Å². The van der Waals surface area contributed by atoms with Crippen LogP contribution in [0.1, 0.15) is 16.1 Å². The van der Waals surface area contributed by atoms with E-state index in [1.165, 1.54) is 7.11 Å². The number of fused-ring (bicyclic) bond motifs is 1. The van der Waals surface area contributed by atoms with Crippen LogP contribution < -0.4 is 4.74 Å². The predicted molar refractivity (Wildman–Crippen MR) is 136 cm³/mol. The number of aromatic nitrogens is 2. The van der Waals surface area contributed by atoms with Crippen molar-refractivity contribution in [3.63, 3.8) is 0 Å². The van der Waals surface area contributed by atoms with Gasteiger partial charge in [0.25, 0.3) is 0 Å². The second-order valence-electron chi connectivity index (χ2n) is 8.59. The van der Waals surface area contributed by atoms with Crippen molar-refractivity contribution in [2.24, 2.45) is 0 Å². The fourth-order valence-corrected chi connectivity index (χ4v) is 4.70. The van der Waals surface area contributed by atoms with E-state index in [1.807, 2.05) is 54.9 Å². The monoisotopic (exact) mass is 471 g/mol. The minimum atomic E-state index is -0.352. The molecule has 1 saturated heterocycles. The zero-order chi connectivity index (χ0) is 24.2. The summed E-state index contributed by atoms with van der Waals surface area (Å²) in [6.45, 7) is 4.29. The maximum Gasteiger partial charge on any atom is 0.338 e. The Hall–Kier alpha value is -3.68. The Labute approximate surface area is 204 Å². The molecule has 7 heteroatoms. The lowest BCUT2D eigenvalue weighted by Crippen LogP contribution is -2.37. The summed E-state index contributed by atoms with van der Waals surface area (Å²) in [5, 5.41) is 0.866. The molecule has 0 atom stereocenters. The molecule has 4 aromatic rings. The molecule has 5 rings (SSSR count). The molecule has 2 aromatic heterocycles. The molecule has 1 aliphatic heterocycles. The highest BCUT2D eigenvalue weighted by Crippen LogP contribution is 2.37. The molecule has 0 aliphatic carbocycles. The van der Waals surface area contributed by atoms with Crippen molar-refractivity contribution in [1.82, 2.24) is 14.9 Å². The molecule has 2 aromatic carbocycles. The van der Waals surface area contributed by atoms with Gasteiger partial charge >= 0.3 is 5.97 Å². The molecule has 180 valence electrons. The summed E-state index contributed by atoms with van der Waals surface area (Å²) >= 11 is 0. The van der Waals surface area contributed by atoms with Crippen LogP contribution in [0.25, 0.3) is 33.2 Å². The van der Waals surface area contributed by atoms with Crippen molar-refractivity contribution >= 4 is 16.9 Å². The smallest absolute Gasteiger partial charge is 0.338 e. The molecule has 0 bridgehead atoms. The predicted octanol–water partition coefficient (Wildman–Crippen LogP) is 4.57. The highest BCUT2D eigenvalue weighted by molar-refractivity contribution is 6.11. The summed E-state index contributed by atoms with van der Waals surface area (Å²) in [4.78, 5) is 23.2. The summed E-state index contributed by atoms with van der Waals surface area (Å²) in [7, 11) is 3.07. The van der Waals surface area contributed by atoms with Gasteiger partial charge in [0.1, 0.15) is 5.75 Å². The Balaban J connectivity index is 1.60. The molecule has 1 aliphatic rings. The van der Waals surface area contributed by atoms with Crippen molar-refractivity contribution in [1.29, 1.82) is 0 Å². The molecule has 0 amide bonds. The summed E-state index contributed by atoms with van der Waals surface area (Å²) in [6, 6.07) is 15.8. The normalized spacial score (nSPS) is 14.2. The zero-order valence-electron chi connectivity index (χ0n) is 20.0. The first-order chi connectivity index (χ1) is 17.2. The Morgan fingerprint density at radius 3 is 2.54 bits per heavy atom. The van der Waals surface area contributed by atoms with E-state index in [4.69, 9.17) is 14.2 Å². The molecule has 35 heavy (non-hydrogen) atoms. The third kappa shape index (κ3) is 4.78. The number of methoxy groups -OCH3 is 2. The average Bonchev–Trinajstić information content (AvgIpc) is 3.31. The van der Waals surface area contributed by atoms with Gasteiger partial charge in [0, 0.05) is 71.7 Å². The number of nitrogens with one attached hydrogen (secondary N) is 1. The second-order valence-corrected chi connectivity index (χ2v) is 8.59. The van der Waals surface area contributed by atoms with E-state index >= 15 is 0 Å². The van der Waals surface area contributed by atoms with Gasteiger partial charge in [-0.2, -0.15) is 0 Å². The minimum absolute atomic E-state index is 0.352. The summed E-state index contributed by atoms with van der Waals surface area (Å²) in [5.74, 6) is 0.456. The summed E-state index contributed by atoms with van der Waals surface area (Å²) < 4.78 is 15.9. The molecule has 7 nitrogen and oxygen atoms in total. The van der Waals surface area contributed by atoms with E-state index < -0.39 is 0 Å². The molecule has 3 heterocycles. The Morgan fingerprint density at radius 2 is 1.80 bits per heavy atom. The van der Waals surface area contributed by atoms with Crippen molar-refractivity contribution in [3.8, 4) is 28.0 Å². The number of morpholine rings is 1. The number of aromatic amines is 1. The van der Waals surface area contributed by atoms with Crippen LogP contribution >= 0.6 is 0 Å². The van der Waals surface area contributed by atoms with Crippen molar-refractivity contribution < 1.29 is 19.0 Å². The molecule has 1 N–H and O–H groups in total. The summed E-state index contributed by atoms with van der Waals surface area (Å²) in [5.41, 5.74) is 6.53. The van der Waals surface area contributed by atoms with Crippen LogP contribution in [-0.4, -0.2) is 67.9 Å². The van der Waals surface area contributed by atoms with E-state index in [-0.39, 0.29) is 5.97 Å². The van der Waals surface area contributed by atoms with E-state index in [0.717, 1.165) is 83.9 Å². The number of hydrogen-bond donors (Lipinski definition) is 1. The van der Waals surface area contributed by atoms with Crippen molar-refractivity contribution in [2.45, 2.75) is 6.42 Å². The van der Waals surface area contributed by atoms with Gasteiger partial charge in [-0.1, -0.05) is 18.2 Å². The zero-order valence-corrected chi connectivity index (χ0v) is 20.0. The number of nitrogens with zero attached hydrogens (tertiary/aromatic N) is 2. The first-order valence-corrected chi connectivity index (χ1v) is 11.8. The number of rotatable bonds is 7. The number of benzene rings is 2. The van der Waals surface area contributed by atoms with Gasteiger partial charge < -0.3 is 19.2 Å². The van der Waals surface area contributed by atoms with Crippen LogP contribution in [0.2, 0.25) is 0 Å². The number of H-pyrrole nitrogens is 1. The molecular weight excluding hydrogens is 442 g/mol. The van der Waals surface area contributed by atoms with E-state index in [0.29, 0.717) is 5.56 Å². The fourth-order valence-electron chi connectivity index (χ4n) is 4.70. The fraction of sp³-hybridized carbons (Fsp3) is 0.286. The van der Waals surface area contributed by atoms with Gasteiger partial charge in [0.15, 0.2) is 0 Å². The molecule has 0 saturated carbocycles. The van der Waals surface area contributed by atoms with Gasteiger partial charge in [-0.05, 0) is 35.9 Å². The van der Waals surface area contributed by atoms with Crippen LogP contribution in [0.15, 0.2) is 60.9 Å². The Bertz CT molecular complexity index is 1320. The summed E-state index contributed by atoms with van der Waals surface area (Å²) in [6.07, 6.45) is 4.54. The lowest BCUT2D eigenvalue weighted by molar-refractivity contribution is 0.0383. The van der Waals surface area contributed by atoms with E-state index in [2.05, 4.69) is 20.9 Å². The number of carbonyl (C=O) groups is 1. The van der Waals surface area contributed by atoms with E-state index in [9.17, 15) is 4.79 Å². The van der Waals surface area contributed by atoms with Gasteiger partial charge in [0.05, 0.1) is 33.0 Å². The molecule has 0 spiro atoms. The van der Waals surface area contributed by atoms with Gasteiger partial charge in [-0.15, -0.1) is 0 Å². The number of ether oxygens (including phenoxy) is 3. The van der Waals surface area contributed by atoms with Gasteiger partial charge in [0.2, 0.25) is 0 Å². The second kappa shape index (κ2) is 10.3. The molecular formula is C28H29N3O4. The topological polar surface area (TPSA) is 76.7 Å². The maximum absolute atomic E-state index is 12.7. The minimum Gasteiger partial charge on any atom is -0.497 e. The third-order valence-corrected chi connectivity index (χ3v) is 6.54. The quantitative estimate of drug-likeness (QED) is 0.398. The van der Waals surface area contributed by atoms with Crippen LogP contribution in [0.3, 0.4) is 0 Å². The Kier molecular flexibility index (Phi) is 6.79. The SMILES string of the molecule is COC(=O)c1cccc2[nH]c(CCN3CCOCC3)c(-c3cncc(-c4ccc(OC)cc4)c3)c12. The first-order valence-electron chi connectivity index (χ1n) is 11.8. The van der Waals surface area contributed by atoms with E-state index in [1.54, 1.807) is 7.11 Å². The molecule has 1 fully saturated rings. The van der Waals surface area contributed by atoms with Gasteiger partial charge in [-0.25, -0.2) is 4.79 Å². The number of esters is 1. The highest BCUT2D eigenvalue weighted by Gasteiger charge is 2.21. The molecule has 0 radical (unpaired) electrons. The van der Waals surface area contributed by atoms with Crippen LogP contribution in [0, 0.1) is 0 Å². The molecule has 0 unspecified atom stereocenters.